The minimum absolute atomic E-state index is 0.0703. The van der Waals surface area contributed by atoms with Gasteiger partial charge in [0.05, 0.1) is 12.5 Å². The van der Waals surface area contributed by atoms with Gasteiger partial charge in [-0.2, -0.15) is 5.26 Å². The Bertz CT molecular complexity index is 418. The molecule has 0 amide bonds. The fourth-order valence-electron chi connectivity index (χ4n) is 1.23. The topological polar surface area (TPSA) is 40.9 Å². The van der Waals surface area contributed by atoms with Crippen molar-refractivity contribution in [3.8, 4) is 6.07 Å². The van der Waals surface area contributed by atoms with Crippen LogP contribution >= 0.6 is 15.9 Å². The minimum Gasteiger partial charge on any atom is -0.293 e. The number of hydrogen-bond acceptors (Lipinski definition) is 2. The molecule has 0 heterocycles. The number of nitrogens with zero attached hydrogens (tertiary/aromatic N) is 1. The number of nitriles is 1. The standard InChI is InChI=1S/C12H10BrNO/c13-8-3-5-10-4-1-2-6-11(10)12(15)7-9-14/h1-6H,7-8H2. The van der Waals surface area contributed by atoms with E-state index in [0.717, 1.165) is 10.9 Å². The van der Waals surface area contributed by atoms with E-state index in [1.807, 2.05) is 30.4 Å². The Morgan fingerprint density at radius 1 is 1.47 bits per heavy atom. The van der Waals surface area contributed by atoms with Gasteiger partial charge in [-0.1, -0.05) is 52.3 Å². The van der Waals surface area contributed by atoms with Gasteiger partial charge in [-0.25, -0.2) is 0 Å². The van der Waals surface area contributed by atoms with E-state index in [4.69, 9.17) is 5.26 Å². The largest absolute Gasteiger partial charge is 0.293 e. The van der Waals surface area contributed by atoms with Crippen LogP contribution in [0.1, 0.15) is 22.3 Å². The van der Waals surface area contributed by atoms with Gasteiger partial charge in [0.1, 0.15) is 0 Å². The van der Waals surface area contributed by atoms with Gasteiger partial charge in [-0.15, -0.1) is 0 Å². The van der Waals surface area contributed by atoms with Crippen LogP contribution in [0, 0.1) is 11.3 Å². The summed E-state index contributed by atoms with van der Waals surface area (Å²) >= 11 is 3.28. The molecule has 1 aromatic rings. The van der Waals surface area contributed by atoms with E-state index in [1.165, 1.54) is 0 Å². The summed E-state index contributed by atoms with van der Waals surface area (Å²) < 4.78 is 0. The maximum atomic E-state index is 11.6. The van der Waals surface area contributed by atoms with E-state index < -0.39 is 0 Å². The minimum atomic E-state index is -0.132. The third-order valence-corrected chi connectivity index (χ3v) is 2.26. The molecular formula is C12H10BrNO. The summed E-state index contributed by atoms with van der Waals surface area (Å²) in [6, 6.07) is 9.15. The molecule has 0 aliphatic carbocycles. The smallest absolute Gasteiger partial charge is 0.177 e. The second kappa shape index (κ2) is 6.15. The van der Waals surface area contributed by atoms with Crippen LogP contribution in [-0.4, -0.2) is 11.1 Å². The van der Waals surface area contributed by atoms with E-state index in [2.05, 4.69) is 15.9 Å². The summed E-state index contributed by atoms with van der Waals surface area (Å²) in [5.41, 5.74) is 1.47. The van der Waals surface area contributed by atoms with Crippen LogP contribution < -0.4 is 0 Å². The number of halogens is 1. The van der Waals surface area contributed by atoms with E-state index in [1.54, 1.807) is 12.1 Å². The monoisotopic (exact) mass is 263 g/mol. The number of benzene rings is 1. The molecule has 0 aliphatic rings. The van der Waals surface area contributed by atoms with Crippen molar-refractivity contribution in [1.29, 1.82) is 5.26 Å². The maximum absolute atomic E-state index is 11.6. The Hall–Kier alpha value is -1.40. The zero-order valence-corrected chi connectivity index (χ0v) is 9.70. The van der Waals surface area contributed by atoms with Crippen molar-refractivity contribution in [2.45, 2.75) is 6.42 Å². The van der Waals surface area contributed by atoms with Gasteiger partial charge in [-0.05, 0) is 5.56 Å². The average Bonchev–Trinajstić information content (AvgIpc) is 2.27. The molecule has 0 aromatic heterocycles. The Morgan fingerprint density at radius 3 is 2.87 bits per heavy atom. The van der Waals surface area contributed by atoms with Crippen LogP contribution in [0.4, 0.5) is 0 Å². The fourth-order valence-corrected chi connectivity index (χ4v) is 1.42. The quantitative estimate of drug-likeness (QED) is 0.619. The lowest BCUT2D eigenvalue weighted by Crippen LogP contribution is -1.99. The maximum Gasteiger partial charge on any atom is 0.177 e. The number of hydrogen-bond donors (Lipinski definition) is 0. The summed E-state index contributed by atoms with van der Waals surface area (Å²) in [5, 5.41) is 9.21. The highest BCUT2D eigenvalue weighted by Gasteiger charge is 2.07. The average molecular weight is 264 g/mol. The van der Waals surface area contributed by atoms with Gasteiger partial charge >= 0.3 is 0 Å². The summed E-state index contributed by atoms with van der Waals surface area (Å²) in [7, 11) is 0. The molecular weight excluding hydrogens is 254 g/mol. The molecule has 15 heavy (non-hydrogen) atoms. The van der Waals surface area contributed by atoms with Gasteiger partial charge in [0.15, 0.2) is 5.78 Å². The Morgan fingerprint density at radius 2 is 2.20 bits per heavy atom. The normalized spacial score (nSPS) is 10.1. The first kappa shape index (κ1) is 11.7. The van der Waals surface area contributed by atoms with E-state index in [9.17, 15) is 4.79 Å². The second-order valence-electron chi connectivity index (χ2n) is 2.90. The van der Waals surface area contributed by atoms with Crippen molar-refractivity contribution in [2.75, 3.05) is 5.33 Å². The van der Waals surface area contributed by atoms with Gasteiger partial charge in [0.2, 0.25) is 0 Å². The van der Waals surface area contributed by atoms with Gasteiger partial charge in [0.25, 0.3) is 0 Å². The number of carbonyl (C=O) groups is 1. The predicted molar refractivity (Wildman–Crippen MR) is 63.8 cm³/mol. The van der Waals surface area contributed by atoms with Gasteiger partial charge < -0.3 is 0 Å². The molecule has 0 atom stereocenters. The molecule has 1 rings (SSSR count). The summed E-state index contributed by atoms with van der Waals surface area (Å²) in [6.45, 7) is 0. The molecule has 0 fully saturated rings. The second-order valence-corrected chi connectivity index (χ2v) is 3.55. The van der Waals surface area contributed by atoms with E-state index >= 15 is 0 Å². The molecule has 0 N–H and O–H groups in total. The molecule has 0 saturated carbocycles. The first-order valence-corrected chi connectivity index (χ1v) is 5.63. The first-order valence-electron chi connectivity index (χ1n) is 4.51. The van der Waals surface area contributed by atoms with Gasteiger partial charge in [-0.3, -0.25) is 4.79 Å². The SMILES string of the molecule is N#CCC(=O)c1ccccc1C=CCBr. The molecule has 1 aromatic carbocycles. The molecule has 0 saturated heterocycles. The van der Waals surface area contributed by atoms with Crippen molar-refractivity contribution in [3.05, 3.63) is 41.5 Å². The third-order valence-electron chi connectivity index (χ3n) is 1.89. The predicted octanol–water partition coefficient (Wildman–Crippen LogP) is 3.19. The van der Waals surface area contributed by atoms with Crippen LogP contribution in [-0.2, 0) is 0 Å². The van der Waals surface area contributed by atoms with Crippen LogP contribution in [0.2, 0.25) is 0 Å². The number of rotatable bonds is 4. The molecule has 0 aliphatic heterocycles. The number of ketones is 1. The Labute approximate surface area is 97.4 Å². The highest BCUT2D eigenvalue weighted by atomic mass is 79.9. The number of carbonyl (C=O) groups excluding carboxylic acids is 1. The van der Waals surface area contributed by atoms with Crippen molar-refractivity contribution >= 4 is 27.8 Å². The highest BCUT2D eigenvalue weighted by molar-refractivity contribution is 9.09. The molecule has 76 valence electrons. The zero-order chi connectivity index (χ0) is 11.1. The van der Waals surface area contributed by atoms with Crippen LogP contribution in [0.3, 0.4) is 0 Å². The van der Waals surface area contributed by atoms with E-state index in [0.29, 0.717) is 5.56 Å². The number of allylic oxidation sites excluding steroid dienone is 1. The molecule has 0 spiro atoms. The zero-order valence-electron chi connectivity index (χ0n) is 8.11. The van der Waals surface area contributed by atoms with Gasteiger partial charge in [0, 0.05) is 10.9 Å². The summed E-state index contributed by atoms with van der Waals surface area (Å²) in [4.78, 5) is 11.6. The Balaban J connectivity index is 3.01. The molecule has 3 heteroatoms. The lowest BCUT2D eigenvalue weighted by Gasteiger charge is -2.01. The van der Waals surface area contributed by atoms with Crippen LogP contribution in [0.5, 0.6) is 0 Å². The number of Topliss-reactive ketones (excluding diaryl/α,β-unsaturated/α-hetero) is 1. The summed E-state index contributed by atoms with van der Waals surface area (Å²) in [5.74, 6) is -0.132. The first-order chi connectivity index (χ1) is 7.29. The lowest BCUT2D eigenvalue weighted by molar-refractivity contribution is 0.0997. The van der Waals surface area contributed by atoms with Crippen LogP contribution in [0.15, 0.2) is 30.3 Å². The van der Waals surface area contributed by atoms with Crippen molar-refractivity contribution in [2.24, 2.45) is 0 Å². The number of alkyl halides is 1. The fraction of sp³-hybridized carbons (Fsp3) is 0.167. The van der Waals surface area contributed by atoms with Crippen LogP contribution in [0.25, 0.3) is 6.08 Å². The lowest BCUT2D eigenvalue weighted by atomic mass is 10.0. The highest BCUT2D eigenvalue weighted by Crippen LogP contribution is 2.13. The molecule has 2 nitrogen and oxygen atoms in total. The molecule has 0 unspecified atom stereocenters. The van der Waals surface area contributed by atoms with Crippen molar-refractivity contribution in [1.82, 2.24) is 0 Å². The molecule has 0 radical (unpaired) electrons. The van der Waals surface area contributed by atoms with E-state index in [-0.39, 0.29) is 12.2 Å². The summed E-state index contributed by atoms with van der Waals surface area (Å²) in [6.07, 6.45) is 3.72. The Kier molecular flexibility index (Phi) is 4.79. The van der Waals surface area contributed by atoms with Crippen molar-refractivity contribution < 1.29 is 4.79 Å². The third kappa shape index (κ3) is 3.34. The molecule has 0 bridgehead atoms. The van der Waals surface area contributed by atoms with Crippen molar-refractivity contribution in [3.63, 3.8) is 0 Å².